The number of nitrogens with two attached hydrogens (primary N) is 2. The molecule has 12 nitrogen and oxygen atoms in total. The Morgan fingerprint density at radius 1 is 1.00 bits per heavy atom. The number of hydrogen-bond acceptors (Lipinski definition) is 9. The number of hydrazine groups is 1. The molecule has 0 spiro atoms. The van der Waals surface area contributed by atoms with Crippen LogP contribution < -0.4 is 11.6 Å². The van der Waals surface area contributed by atoms with Crippen LogP contribution in [0.2, 0.25) is 0 Å². The zero-order valence-corrected chi connectivity index (χ0v) is 23.8. The van der Waals surface area contributed by atoms with Crippen LogP contribution in [0.15, 0.2) is 88.8 Å². The predicted molar refractivity (Wildman–Crippen MR) is 160 cm³/mol. The number of aryl methyl sites for hydroxylation is 1. The second-order valence-electron chi connectivity index (χ2n) is 10.3. The lowest BCUT2D eigenvalue weighted by Crippen LogP contribution is -2.52. The van der Waals surface area contributed by atoms with E-state index in [4.69, 9.17) is 16.0 Å². The van der Waals surface area contributed by atoms with E-state index in [1.54, 1.807) is 29.4 Å². The van der Waals surface area contributed by atoms with Gasteiger partial charge in [0.15, 0.2) is 5.58 Å². The van der Waals surface area contributed by atoms with Gasteiger partial charge in [-0.05, 0) is 35.9 Å². The molecule has 1 atom stereocenters. The molecule has 44 heavy (non-hydrogen) atoms. The van der Waals surface area contributed by atoms with E-state index in [0.717, 1.165) is 17.0 Å². The van der Waals surface area contributed by atoms with Crippen LogP contribution >= 0.6 is 0 Å². The standard InChI is InChI=1S/C30H30F2N10O2/c1-39-12-11-36-27(39)20-7-8-24-22(17-20)37-28(44-24)21-9-10-35-23(18-21)29(43)41-15-13-40(14-16-41)25(19-5-3-2-4-6-19)26(33)38-42(34)30(31)32/h2-12,17-18,25,30H,13-16,34H2,1H3,(H2,33,38). The van der Waals surface area contributed by atoms with Crippen molar-refractivity contribution in [3.05, 3.63) is 90.5 Å². The van der Waals surface area contributed by atoms with Gasteiger partial charge in [0.2, 0.25) is 5.89 Å². The summed E-state index contributed by atoms with van der Waals surface area (Å²) in [6, 6.07) is 17.7. The van der Waals surface area contributed by atoms with Crippen molar-refractivity contribution in [2.45, 2.75) is 12.6 Å². The topological polar surface area (TPSA) is 148 Å². The van der Waals surface area contributed by atoms with Crippen LogP contribution in [-0.2, 0) is 7.05 Å². The van der Waals surface area contributed by atoms with E-state index in [0.29, 0.717) is 48.7 Å². The molecule has 0 bridgehead atoms. The highest BCUT2D eigenvalue weighted by Gasteiger charge is 2.31. The highest BCUT2D eigenvalue weighted by Crippen LogP contribution is 2.29. The fourth-order valence-electron chi connectivity index (χ4n) is 5.30. The van der Waals surface area contributed by atoms with E-state index in [1.165, 1.54) is 0 Å². The summed E-state index contributed by atoms with van der Waals surface area (Å²) in [6.45, 7) is -1.43. The number of amides is 1. The molecule has 0 radical (unpaired) electrons. The third-order valence-electron chi connectivity index (χ3n) is 7.49. The molecule has 1 fully saturated rings. The zero-order chi connectivity index (χ0) is 30.8. The van der Waals surface area contributed by atoms with E-state index >= 15 is 0 Å². The Morgan fingerprint density at radius 2 is 1.77 bits per heavy atom. The summed E-state index contributed by atoms with van der Waals surface area (Å²) < 4.78 is 34.0. The van der Waals surface area contributed by atoms with Gasteiger partial charge in [-0.1, -0.05) is 30.3 Å². The van der Waals surface area contributed by atoms with E-state index in [-0.39, 0.29) is 22.6 Å². The van der Waals surface area contributed by atoms with Crippen LogP contribution in [0.25, 0.3) is 33.9 Å². The summed E-state index contributed by atoms with van der Waals surface area (Å²) in [5.41, 5.74) is 10.0. The molecule has 0 saturated carbocycles. The van der Waals surface area contributed by atoms with Gasteiger partial charge in [0, 0.05) is 62.9 Å². The van der Waals surface area contributed by atoms with Crippen LogP contribution in [0.5, 0.6) is 0 Å². The summed E-state index contributed by atoms with van der Waals surface area (Å²) in [5, 5.41) is 3.75. The minimum atomic E-state index is -3.00. The van der Waals surface area contributed by atoms with Crippen molar-refractivity contribution in [3.8, 4) is 22.8 Å². The molecule has 226 valence electrons. The third kappa shape index (κ3) is 5.85. The third-order valence-corrected chi connectivity index (χ3v) is 7.49. The number of alkyl halides is 2. The number of pyridine rings is 1. The van der Waals surface area contributed by atoms with E-state index in [2.05, 4.69) is 20.1 Å². The number of imidazole rings is 1. The Balaban J connectivity index is 1.18. The maximum Gasteiger partial charge on any atom is 0.342 e. The number of amidine groups is 1. The number of carbonyl (C=O) groups is 1. The van der Waals surface area contributed by atoms with Crippen molar-refractivity contribution in [1.82, 2.24) is 34.4 Å². The minimum Gasteiger partial charge on any atom is -0.436 e. The SMILES string of the molecule is Cn1ccnc1-c1ccc2oc(-c3ccnc(C(=O)N4CCN(C(/C(N)=N/N(N)C(F)F)c5ccccc5)CC4)c3)nc2c1. The van der Waals surface area contributed by atoms with Gasteiger partial charge in [-0.15, -0.1) is 5.10 Å². The number of benzene rings is 2. The second-order valence-corrected chi connectivity index (χ2v) is 10.3. The van der Waals surface area contributed by atoms with E-state index in [9.17, 15) is 13.6 Å². The smallest absolute Gasteiger partial charge is 0.342 e. The van der Waals surface area contributed by atoms with Gasteiger partial charge in [0.05, 0.1) is 6.04 Å². The molecule has 1 unspecified atom stereocenters. The number of carbonyl (C=O) groups excluding carboxylic acids is 1. The molecule has 5 aromatic rings. The lowest BCUT2D eigenvalue weighted by Gasteiger charge is -2.39. The first-order valence-electron chi connectivity index (χ1n) is 13.9. The number of oxazole rings is 1. The first-order valence-corrected chi connectivity index (χ1v) is 13.9. The summed E-state index contributed by atoms with van der Waals surface area (Å²) in [4.78, 5) is 30.5. The molecule has 0 aliphatic carbocycles. The monoisotopic (exact) mass is 600 g/mol. The lowest BCUT2D eigenvalue weighted by molar-refractivity contribution is -0.0274. The summed E-state index contributed by atoms with van der Waals surface area (Å²) in [5.74, 6) is 6.19. The average molecular weight is 601 g/mol. The average Bonchev–Trinajstić information content (AvgIpc) is 3.67. The van der Waals surface area contributed by atoms with Crippen LogP contribution in [0.1, 0.15) is 22.1 Å². The highest BCUT2D eigenvalue weighted by atomic mass is 19.3. The van der Waals surface area contributed by atoms with Crippen LogP contribution in [0, 0.1) is 0 Å². The molecular formula is C30H30F2N10O2. The largest absolute Gasteiger partial charge is 0.436 e. The van der Waals surface area contributed by atoms with Gasteiger partial charge in [0.1, 0.15) is 22.9 Å². The number of halogens is 2. The molecule has 4 heterocycles. The molecule has 1 aliphatic rings. The van der Waals surface area contributed by atoms with Gasteiger partial charge < -0.3 is 19.6 Å². The number of hydrogen-bond donors (Lipinski definition) is 2. The maximum absolute atomic E-state index is 13.5. The van der Waals surface area contributed by atoms with Gasteiger partial charge in [-0.25, -0.2) is 15.8 Å². The number of fused-ring (bicyclic) bond motifs is 1. The van der Waals surface area contributed by atoms with Crippen molar-refractivity contribution in [1.29, 1.82) is 0 Å². The summed E-state index contributed by atoms with van der Waals surface area (Å²) in [6.07, 6.45) is 5.16. The van der Waals surface area contributed by atoms with Crippen LogP contribution in [0.4, 0.5) is 8.78 Å². The Hall–Kier alpha value is -5.21. The zero-order valence-electron chi connectivity index (χ0n) is 23.8. The first-order chi connectivity index (χ1) is 21.3. The Morgan fingerprint density at radius 3 is 2.48 bits per heavy atom. The number of rotatable bonds is 8. The molecule has 4 N–H and O–H groups in total. The van der Waals surface area contributed by atoms with Gasteiger partial charge in [-0.2, -0.15) is 13.9 Å². The minimum absolute atomic E-state index is 0.0416. The van der Waals surface area contributed by atoms with Crippen molar-refractivity contribution >= 4 is 22.8 Å². The normalized spacial score (nSPS) is 15.2. The Kier molecular flexibility index (Phi) is 8.00. The maximum atomic E-state index is 13.5. The second kappa shape index (κ2) is 12.2. The van der Waals surface area contributed by atoms with Crippen molar-refractivity contribution in [2.24, 2.45) is 23.7 Å². The molecule has 1 amide bonds. The molecule has 6 rings (SSSR count). The lowest BCUT2D eigenvalue weighted by atomic mass is 10.0. The summed E-state index contributed by atoms with van der Waals surface area (Å²) in [7, 11) is 1.92. The first kappa shape index (κ1) is 28.9. The van der Waals surface area contributed by atoms with E-state index in [1.807, 2.05) is 71.2 Å². The quantitative estimate of drug-likeness (QED) is 0.0898. The Bertz CT molecular complexity index is 1800. The highest BCUT2D eigenvalue weighted by molar-refractivity contribution is 5.93. The predicted octanol–water partition coefficient (Wildman–Crippen LogP) is 3.46. The molecule has 14 heteroatoms. The number of aromatic nitrogens is 4. The van der Waals surface area contributed by atoms with Crippen molar-refractivity contribution in [3.63, 3.8) is 0 Å². The van der Waals surface area contributed by atoms with Gasteiger partial charge in [-0.3, -0.25) is 14.7 Å². The number of nitrogens with zero attached hydrogens (tertiary/aromatic N) is 8. The number of hydrazone groups is 1. The van der Waals surface area contributed by atoms with Gasteiger partial charge in [0.25, 0.3) is 5.91 Å². The molecule has 1 aliphatic heterocycles. The number of piperazine rings is 1. The van der Waals surface area contributed by atoms with Crippen molar-refractivity contribution < 1.29 is 18.0 Å². The van der Waals surface area contributed by atoms with Crippen LogP contribution in [-0.4, -0.2) is 78.9 Å². The molecule has 2 aromatic carbocycles. The fraction of sp³-hybridized carbons (Fsp3) is 0.233. The Labute approximate surface area is 251 Å². The van der Waals surface area contributed by atoms with Crippen LogP contribution in [0.3, 0.4) is 0 Å². The fourth-order valence-corrected chi connectivity index (χ4v) is 5.30. The molecule has 1 saturated heterocycles. The van der Waals surface area contributed by atoms with Gasteiger partial charge >= 0.3 is 6.55 Å². The summed E-state index contributed by atoms with van der Waals surface area (Å²) >= 11 is 0. The molecular weight excluding hydrogens is 570 g/mol. The van der Waals surface area contributed by atoms with Crippen molar-refractivity contribution in [2.75, 3.05) is 26.2 Å². The molecule has 3 aromatic heterocycles. The van der Waals surface area contributed by atoms with E-state index < -0.39 is 12.6 Å².